The average molecular weight is 333 g/mol. The maximum absolute atomic E-state index is 12.8. The van der Waals surface area contributed by atoms with Gasteiger partial charge < -0.3 is 9.88 Å². The first-order valence-electron chi connectivity index (χ1n) is 7.27. The lowest BCUT2D eigenvalue weighted by Crippen LogP contribution is -2.38. The lowest BCUT2D eigenvalue weighted by Gasteiger charge is -2.27. The quantitative estimate of drug-likeness (QED) is 0.852. The molecular weight excluding hydrogens is 318 g/mol. The zero-order valence-electron chi connectivity index (χ0n) is 12.5. The number of anilines is 1. The Balaban J connectivity index is 1.67. The number of nitrogens with zero attached hydrogens (tertiary/aromatic N) is 4. The SMILES string of the molecule is Cc1nnc2n1CCN(S(=O)(=O)c1ccc3c(c1)CC(=O)N3)C2. The summed E-state index contributed by atoms with van der Waals surface area (Å²) in [6.07, 6.45) is 0.214. The van der Waals surface area contributed by atoms with Gasteiger partial charge in [0.25, 0.3) is 0 Å². The molecule has 120 valence electrons. The zero-order chi connectivity index (χ0) is 16.2. The predicted octanol–water partition coefficient (Wildman–Crippen LogP) is 0.286. The highest BCUT2D eigenvalue weighted by molar-refractivity contribution is 7.89. The monoisotopic (exact) mass is 333 g/mol. The van der Waals surface area contributed by atoms with Gasteiger partial charge in [-0.25, -0.2) is 8.42 Å². The van der Waals surface area contributed by atoms with Crippen LogP contribution in [0.25, 0.3) is 0 Å². The number of carbonyl (C=O) groups is 1. The molecule has 23 heavy (non-hydrogen) atoms. The molecule has 0 atom stereocenters. The molecule has 3 heterocycles. The summed E-state index contributed by atoms with van der Waals surface area (Å²) >= 11 is 0. The Kier molecular flexibility index (Phi) is 3.03. The maximum Gasteiger partial charge on any atom is 0.243 e. The van der Waals surface area contributed by atoms with Gasteiger partial charge in [-0.3, -0.25) is 4.79 Å². The van der Waals surface area contributed by atoms with Crippen molar-refractivity contribution in [1.82, 2.24) is 19.1 Å². The van der Waals surface area contributed by atoms with Crippen LogP contribution in [-0.2, 0) is 34.3 Å². The first-order valence-corrected chi connectivity index (χ1v) is 8.71. The first-order chi connectivity index (χ1) is 10.9. The number of carbonyl (C=O) groups excluding carboxylic acids is 1. The van der Waals surface area contributed by atoms with E-state index >= 15 is 0 Å². The fraction of sp³-hybridized carbons (Fsp3) is 0.357. The van der Waals surface area contributed by atoms with Gasteiger partial charge in [0.05, 0.1) is 17.9 Å². The number of aryl methyl sites for hydroxylation is 1. The fourth-order valence-electron chi connectivity index (χ4n) is 3.00. The number of sulfonamides is 1. The highest BCUT2D eigenvalue weighted by Crippen LogP contribution is 2.28. The minimum Gasteiger partial charge on any atom is -0.326 e. The molecule has 1 N–H and O–H groups in total. The van der Waals surface area contributed by atoms with E-state index in [1.165, 1.54) is 10.4 Å². The van der Waals surface area contributed by atoms with E-state index in [-0.39, 0.29) is 23.8 Å². The van der Waals surface area contributed by atoms with Crippen molar-refractivity contribution in [3.8, 4) is 0 Å². The van der Waals surface area contributed by atoms with Gasteiger partial charge in [0.1, 0.15) is 11.6 Å². The number of benzene rings is 1. The second-order valence-corrected chi connectivity index (χ2v) is 7.64. The fourth-order valence-corrected chi connectivity index (χ4v) is 4.44. The van der Waals surface area contributed by atoms with Gasteiger partial charge in [0.2, 0.25) is 15.9 Å². The van der Waals surface area contributed by atoms with Crippen LogP contribution in [0.5, 0.6) is 0 Å². The van der Waals surface area contributed by atoms with Crippen LogP contribution in [-0.4, -0.2) is 39.9 Å². The second-order valence-electron chi connectivity index (χ2n) is 5.70. The van der Waals surface area contributed by atoms with Crippen molar-refractivity contribution in [2.24, 2.45) is 0 Å². The molecule has 2 aliphatic rings. The Labute approximate surface area is 133 Å². The summed E-state index contributed by atoms with van der Waals surface area (Å²) in [6, 6.07) is 4.75. The lowest BCUT2D eigenvalue weighted by atomic mass is 10.2. The van der Waals surface area contributed by atoms with E-state index in [4.69, 9.17) is 0 Å². The highest BCUT2D eigenvalue weighted by Gasteiger charge is 2.31. The molecule has 0 saturated carbocycles. The summed E-state index contributed by atoms with van der Waals surface area (Å²) in [5.41, 5.74) is 1.40. The number of amides is 1. The number of nitrogens with one attached hydrogen (secondary N) is 1. The van der Waals surface area contributed by atoms with E-state index in [0.29, 0.717) is 30.2 Å². The molecule has 0 radical (unpaired) electrons. The molecule has 2 aromatic rings. The van der Waals surface area contributed by atoms with Crippen LogP contribution in [0.3, 0.4) is 0 Å². The predicted molar refractivity (Wildman–Crippen MR) is 81.1 cm³/mol. The molecule has 1 amide bonds. The number of hydrogen-bond acceptors (Lipinski definition) is 5. The van der Waals surface area contributed by atoms with Crippen LogP contribution < -0.4 is 5.32 Å². The van der Waals surface area contributed by atoms with Crippen LogP contribution >= 0.6 is 0 Å². The Bertz CT molecular complexity index is 918. The number of rotatable bonds is 2. The topological polar surface area (TPSA) is 97.2 Å². The van der Waals surface area contributed by atoms with Crippen molar-refractivity contribution in [1.29, 1.82) is 0 Å². The minimum atomic E-state index is -3.62. The molecule has 0 bridgehead atoms. The highest BCUT2D eigenvalue weighted by atomic mass is 32.2. The molecule has 1 aromatic carbocycles. The third kappa shape index (κ3) is 2.23. The molecule has 0 spiro atoms. The standard InChI is InChI=1S/C14H15N5O3S/c1-9-16-17-13-8-18(4-5-19(9)13)23(21,22)11-2-3-12-10(6-11)7-14(20)15-12/h2-3,6H,4-5,7-8H2,1H3,(H,15,20). The molecule has 0 unspecified atom stereocenters. The van der Waals surface area contributed by atoms with E-state index < -0.39 is 10.0 Å². The summed E-state index contributed by atoms with van der Waals surface area (Å²) in [5.74, 6) is 1.32. The minimum absolute atomic E-state index is 0.115. The van der Waals surface area contributed by atoms with Crippen LogP contribution in [0.2, 0.25) is 0 Å². The van der Waals surface area contributed by atoms with Gasteiger partial charge in [0, 0.05) is 18.8 Å². The van der Waals surface area contributed by atoms with Gasteiger partial charge in [0.15, 0.2) is 0 Å². The summed E-state index contributed by atoms with van der Waals surface area (Å²) in [5, 5.41) is 10.7. The van der Waals surface area contributed by atoms with Crippen molar-refractivity contribution in [2.75, 3.05) is 11.9 Å². The number of fused-ring (bicyclic) bond motifs is 2. The summed E-state index contributed by atoms with van der Waals surface area (Å²) in [6.45, 7) is 2.98. The van der Waals surface area contributed by atoms with Gasteiger partial charge in [-0.1, -0.05) is 0 Å². The molecule has 1 aromatic heterocycles. The second kappa shape index (κ2) is 4.87. The Morgan fingerprint density at radius 1 is 1.22 bits per heavy atom. The van der Waals surface area contributed by atoms with Gasteiger partial charge in [-0.15, -0.1) is 10.2 Å². The van der Waals surface area contributed by atoms with Gasteiger partial charge in [-0.2, -0.15) is 4.31 Å². The normalized spacial score (nSPS) is 17.7. The lowest BCUT2D eigenvalue weighted by molar-refractivity contribution is -0.115. The molecule has 0 saturated heterocycles. The van der Waals surface area contributed by atoms with Crippen LogP contribution in [0.1, 0.15) is 17.2 Å². The Morgan fingerprint density at radius 2 is 2.04 bits per heavy atom. The van der Waals surface area contributed by atoms with Crippen LogP contribution in [0.4, 0.5) is 5.69 Å². The van der Waals surface area contributed by atoms with Crippen LogP contribution in [0.15, 0.2) is 23.1 Å². The average Bonchev–Trinajstić information content (AvgIpc) is 3.08. The van der Waals surface area contributed by atoms with E-state index in [0.717, 1.165) is 5.82 Å². The van der Waals surface area contributed by atoms with E-state index in [2.05, 4.69) is 15.5 Å². The summed E-state index contributed by atoms with van der Waals surface area (Å²) in [7, 11) is -3.62. The molecule has 9 heteroatoms. The summed E-state index contributed by atoms with van der Waals surface area (Å²) in [4.78, 5) is 11.6. The first kappa shape index (κ1) is 14.3. The molecule has 4 rings (SSSR count). The van der Waals surface area contributed by atoms with E-state index in [1.807, 2.05) is 11.5 Å². The van der Waals surface area contributed by atoms with Crippen molar-refractivity contribution < 1.29 is 13.2 Å². The Morgan fingerprint density at radius 3 is 2.87 bits per heavy atom. The van der Waals surface area contributed by atoms with Crippen molar-refractivity contribution >= 4 is 21.6 Å². The molecule has 8 nitrogen and oxygen atoms in total. The third-order valence-electron chi connectivity index (χ3n) is 4.24. The molecule has 0 aliphatic carbocycles. The smallest absolute Gasteiger partial charge is 0.243 e. The van der Waals surface area contributed by atoms with E-state index in [9.17, 15) is 13.2 Å². The van der Waals surface area contributed by atoms with Crippen molar-refractivity contribution in [3.05, 3.63) is 35.4 Å². The summed E-state index contributed by atoms with van der Waals surface area (Å²) < 4.78 is 29.0. The zero-order valence-corrected chi connectivity index (χ0v) is 13.3. The third-order valence-corrected chi connectivity index (χ3v) is 6.08. The molecular formula is C14H15N5O3S. The van der Waals surface area contributed by atoms with E-state index in [1.54, 1.807) is 12.1 Å². The van der Waals surface area contributed by atoms with Crippen LogP contribution in [0, 0.1) is 6.92 Å². The van der Waals surface area contributed by atoms with Gasteiger partial charge >= 0.3 is 0 Å². The molecule has 2 aliphatic heterocycles. The number of aromatic nitrogens is 3. The number of hydrogen-bond donors (Lipinski definition) is 1. The van der Waals surface area contributed by atoms with Gasteiger partial charge in [-0.05, 0) is 30.7 Å². The molecule has 0 fully saturated rings. The largest absolute Gasteiger partial charge is 0.326 e. The van der Waals surface area contributed by atoms with Crippen molar-refractivity contribution in [3.63, 3.8) is 0 Å². The Hall–Kier alpha value is -2.26. The van der Waals surface area contributed by atoms with Crippen molar-refractivity contribution in [2.45, 2.75) is 31.3 Å². The maximum atomic E-state index is 12.8.